The third-order valence-corrected chi connectivity index (χ3v) is 6.38. The molecule has 162 valence electrons. The first-order valence-corrected chi connectivity index (χ1v) is 10.7. The van der Waals surface area contributed by atoms with E-state index in [4.69, 9.17) is 19.2 Å². The Bertz CT molecular complexity index is 1080. The lowest BCUT2D eigenvalue weighted by atomic mass is 9.94. The molecular weight excluding hydrogens is 406 g/mol. The fourth-order valence-electron chi connectivity index (χ4n) is 3.69. The average molecular weight is 434 g/mol. The SMILES string of the molecule is COCCN(CCOC)C(=O)c1nc2c3c4c(sc3nc(C)n2n1)COC(C)(C)C4. The van der Waals surface area contributed by atoms with Gasteiger partial charge in [-0.3, -0.25) is 4.79 Å². The first kappa shape index (κ1) is 21.1. The van der Waals surface area contributed by atoms with E-state index in [2.05, 4.69) is 23.9 Å². The molecule has 0 fully saturated rings. The number of carbonyl (C=O) groups is 1. The van der Waals surface area contributed by atoms with Gasteiger partial charge in [0.15, 0.2) is 5.65 Å². The number of hydrogen-bond acceptors (Lipinski definition) is 8. The Labute approximate surface area is 178 Å². The highest BCUT2D eigenvalue weighted by Crippen LogP contribution is 2.39. The number of amides is 1. The number of ether oxygens (including phenoxy) is 3. The van der Waals surface area contributed by atoms with Crippen molar-refractivity contribution in [3.05, 3.63) is 22.1 Å². The summed E-state index contributed by atoms with van der Waals surface area (Å²) in [5.41, 5.74) is 1.62. The van der Waals surface area contributed by atoms with Crippen LogP contribution < -0.4 is 0 Å². The van der Waals surface area contributed by atoms with Crippen LogP contribution in [0.25, 0.3) is 15.9 Å². The summed E-state index contributed by atoms with van der Waals surface area (Å²) in [5, 5.41) is 5.48. The molecule has 0 bridgehead atoms. The van der Waals surface area contributed by atoms with Crippen LogP contribution in [-0.2, 0) is 27.2 Å². The summed E-state index contributed by atoms with van der Waals surface area (Å²) in [7, 11) is 3.22. The van der Waals surface area contributed by atoms with Gasteiger partial charge in [-0.2, -0.15) is 4.52 Å². The summed E-state index contributed by atoms with van der Waals surface area (Å²) in [6, 6.07) is 0. The summed E-state index contributed by atoms with van der Waals surface area (Å²) < 4.78 is 17.9. The van der Waals surface area contributed by atoms with Crippen molar-refractivity contribution in [2.75, 3.05) is 40.5 Å². The minimum absolute atomic E-state index is 0.158. The van der Waals surface area contributed by atoms with Crippen molar-refractivity contribution >= 4 is 33.1 Å². The molecule has 0 saturated heterocycles. The molecule has 0 N–H and O–H groups in total. The number of fused-ring (bicyclic) bond motifs is 5. The van der Waals surface area contributed by atoms with Gasteiger partial charge in [-0.05, 0) is 26.3 Å². The summed E-state index contributed by atoms with van der Waals surface area (Å²) in [6.45, 7) is 8.36. The monoisotopic (exact) mass is 433 g/mol. The second kappa shape index (κ2) is 8.18. The predicted molar refractivity (Wildman–Crippen MR) is 113 cm³/mol. The average Bonchev–Trinajstić information content (AvgIpc) is 3.28. The maximum absolute atomic E-state index is 13.1. The number of carbonyl (C=O) groups excluding carboxylic acids is 1. The molecule has 1 aliphatic heterocycles. The molecule has 30 heavy (non-hydrogen) atoms. The molecule has 4 heterocycles. The topological polar surface area (TPSA) is 91.1 Å². The summed E-state index contributed by atoms with van der Waals surface area (Å²) >= 11 is 1.63. The van der Waals surface area contributed by atoms with E-state index in [0.29, 0.717) is 44.4 Å². The lowest BCUT2D eigenvalue weighted by Crippen LogP contribution is -2.37. The van der Waals surface area contributed by atoms with Crippen molar-refractivity contribution in [1.29, 1.82) is 0 Å². The third kappa shape index (κ3) is 3.80. The van der Waals surface area contributed by atoms with Crippen LogP contribution in [0.15, 0.2) is 0 Å². The lowest BCUT2D eigenvalue weighted by Gasteiger charge is -2.30. The number of methoxy groups -OCH3 is 2. The van der Waals surface area contributed by atoms with Crippen LogP contribution in [-0.4, -0.2) is 76.5 Å². The normalized spacial score (nSPS) is 15.6. The Morgan fingerprint density at radius 2 is 1.93 bits per heavy atom. The van der Waals surface area contributed by atoms with Gasteiger partial charge in [0, 0.05) is 38.6 Å². The van der Waals surface area contributed by atoms with Crippen LogP contribution in [0.2, 0.25) is 0 Å². The number of rotatable bonds is 7. The molecule has 0 unspecified atom stereocenters. The zero-order valence-electron chi connectivity index (χ0n) is 18.0. The van der Waals surface area contributed by atoms with E-state index in [1.807, 2.05) is 6.92 Å². The number of aromatic nitrogens is 4. The third-order valence-electron chi connectivity index (χ3n) is 5.28. The molecule has 0 atom stereocenters. The highest BCUT2D eigenvalue weighted by Gasteiger charge is 2.31. The molecule has 1 aliphatic rings. The Balaban J connectivity index is 1.79. The fraction of sp³-hybridized carbons (Fsp3) is 0.600. The standard InChI is InChI=1S/C20H27N5O4S/c1-12-21-18-15(13-10-20(2,3)29-11-14(13)30-18)17-22-16(23-25(12)17)19(26)24(6-8-27-4)7-9-28-5/h6-11H2,1-5H3. The zero-order chi connectivity index (χ0) is 21.5. The predicted octanol–water partition coefficient (Wildman–Crippen LogP) is 2.23. The molecule has 0 radical (unpaired) electrons. The van der Waals surface area contributed by atoms with Gasteiger partial charge >= 0.3 is 0 Å². The van der Waals surface area contributed by atoms with Crippen LogP contribution in [0.4, 0.5) is 0 Å². The molecule has 10 heteroatoms. The quantitative estimate of drug-likeness (QED) is 0.564. The maximum Gasteiger partial charge on any atom is 0.293 e. The molecule has 4 rings (SSSR count). The van der Waals surface area contributed by atoms with Gasteiger partial charge in [-0.15, -0.1) is 16.4 Å². The summed E-state index contributed by atoms with van der Waals surface area (Å²) in [6.07, 6.45) is 0.771. The minimum atomic E-state index is -0.251. The van der Waals surface area contributed by atoms with Crippen LogP contribution in [0.3, 0.4) is 0 Å². The van der Waals surface area contributed by atoms with Crippen molar-refractivity contribution in [3.63, 3.8) is 0 Å². The van der Waals surface area contributed by atoms with E-state index in [0.717, 1.165) is 16.6 Å². The van der Waals surface area contributed by atoms with E-state index >= 15 is 0 Å². The van der Waals surface area contributed by atoms with Crippen molar-refractivity contribution in [2.45, 2.75) is 39.4 Å². The number of aryl methyl sites for hydroxylation is 1. The molecule has 0 saturated carbocycles. The summed E-state index contributed by atoms with van der Waals surface area (Å²) in [4.78, 5) is 26.3. The van der Waals surface area contributed by atoms with E-state index in [9.17, 15) is 4.79 Å². The van der Waals surface area contributed by atoms with Crippen molar-refractivity contribution in [1.82, 2.24) is 24.5 Å². The van der Waals surface area contributed by atoms with Gasteiger partial charge < -0.3 is 19.1 Å². The van der Waals surface area contributed by atoms with Gasteiger partial charge in [0.25, 0.3) is 5.91 Å². The first-order chi connectivity index (χ1) is 14.3. The molecule has 0 spiro atoms. The molecule has 3 aromatic rings. The van der Waals surface area contributed by atoms with Crippen LogP contribution in [0, 0.1) is 6.92 Å². The fourth-order valence-corrected chi connectivity index (χ4v) is 4.84. The largest absolute Gasteiger partial charge is 0.383 e. The van der Waals surface area contributed by atoms with E-state index < -0.39 is 0 Å². The molecular formula is C20H27N5O4S. The Kier molecular flexibility index (Phi) is 5.75. The van der Waals surface area contributed by atoms with Gasteiger partial charge in [-0.1, -0.05) is 0 Å². The maximum atomic E-state index is 13.1. The second-order valence-electron chi connectivity index (χ2n) is 8.02. The van der Waals surface area contributed by atoms with Crippen LogP contribution >= 0.6 is 11.3 Å². The number of hydrogen-bond donors (Lipinski definition) is 0. The van der Waals surface area contributed by atoms with E-state index in [-0.39, 0.29) is 17.3 Å². The van der Waals surface area contributed by atoms with E-state index in [1.165, 1.54) is 10.4 Å². The first-order valence-electron chi connectivity index (χ1n) is 9.93. The highest BCUT2D eigenvalue weighted by atomic mass is 32.1. The summed E-state index contributed by atoms with van der Waals surface area (Å²) in [5.74, 6) is 0.613. The number of thiophene rings is 1. The Morgan fingerprint density at radius 3 is 2.60 bits per heavy atom. The van der Waals surface area contributed by atoms with Crippen LogP contribution in [0.5, 0.6) is 0 Å². The van der Waals surface area contributed by atoms with Gasteiger partial charge in [0.05, 0.1) is 30.8 Å². The Morgan fingerprint density at radius 1 is 1.23 bits per heavy atom. The molecule has 0 aliphatic carbocycles. The molecule has 1 amide bonds. The molecule has 3 aromatic heterocycles. The van der Waals surface area contributed by atoms with Crippen molar-refractivity contribution < 1.29 is 19.0 Å². The van der Waals surface area contributed by atoms with Gasteiger partial charge in [-0.25, -0.2) is 9.97 Å². The van der Waals surface area contributed by atoms with Crippen LogP contribution in [0.1, 0.15) is 40.7 Å². The smallest absolute Gasteiger partial charge is 0.293 e. The van der Waals surface area contributed by atoms with Crippen molar-refractivity contribution in [2.24, 2.45) is 0 Å². The number of nitrogens with zero attached hydrogens (tertiary/aromatic N) is 5. The van der Waals surface area contributed by atoms with E-state index in [1.54, 1.807) is 35.0 Å². The second-order valence-corrected chi connectivity index (χ2v) is 9.10. The zero-order valence-corrected chi connectivity index (χ0v) is 18.8. The highest BCUT2D eigenvalue weighted by molar-refractivity contribution is 7.19. The minimum Gasteiger partial charge on any atom is -0.383 e. The molecule has 9 nitrogen and oxygen atoms in total. The lowest BCUT2D eigenvalue weighted by molar-refractivity contribution is -0.0379. The Hall–Kier alpha value is -2.14. The van der Waals surface area contributed by atoms with Gasteiger partial charge in [0.2, 0.25) is 5.82 Å². The van der Waals surface area contributed by atoms with Gasteiger partial charge in [0.1, 0.15) is 10.7 Å². The van der Waals surface area contributed by atoms with Crippen molar-refractivity contribution in [3.8, 4) is 0 Å². The molecule has 0 aromatic carbocycles.